The molecule has 0 heterocycles. The van der Waals surface area contributed by atoms with E-state index in [1.165, 1.54) is 0 Å². The summed E-state index contributed by atoms with van der Waals surface area (Å²) in [6, 6.07) is 0.00734. The van der Waals surface area contributed by atoms with Gasteiger partial charge < -0.3 is 4.43 Å². The summed E-state index contributed by atoms with van der Waals surface area (Å²) in [4.78, 5) is 2.93. The third-order valence-corrected chi connectivity index (χ3v) is 3.85. The Morgan fingerprint density at radius 1 is 1.44 bits per heavy atom. The van der Waals surface area contributed by atoms with Gasteiger partial charge in [0.1, 0.15) is 0 Å². The quantitative estimate of drug-likeness (QED) is 0.241. The van der Waals surface area contributed by atoms with Crippen molar-refractivity contribution in [2.24, 2.45) is 11.0 Å². The molecule has 1 unspecified atom stereocenters. The zero-order valence-corrected chi connectivity index (χ0v) is 11.4. The van der Waals surface area contributed by atoms with Crippen molar-refractivity contribution >= 4 is 8.32 Å². The van der Waals surface area contributed by atoms with Crippen molar-refractivity contribution in [3.8, 4) is 0 Å². The van der Waals surface area contributed by atoms with Gasteiger partial charge in [-0.2, -0.15) is 0 Å². The number of nitrogens with zero attached hydrogens (tertiary/aromatic N) is 3. The largest absolute Gasteiger partial charge is 0.414 e. The predicted octanol–water partition coefficient (Wildman–Crippen LogP) is 3.87. The molecule has 0 aromatic rings. The van der Waals surface area contributed by atoms with Gasteiger partial charge >= 0.3 is 0 Å². The average molecular weight is 239 g/mol. The first kappa shape index (κ1) is 13.3. The zero-order valence-electron chi connectivity index (χ0n) is 10.4. The lowest BCUT2D eigenvalue weighted by atomic mass is 9.84. The van der Waals surface area contributed by atoms with Crippen molar-refractivity contribution in [1.82, 2.24) is 0 Å². The fourth-order valence-corrected chi connectivity index (χ4v) is 3.30. The number of hydrogen-bond donors (Lipinski definition) is 0. The van der Waals surface area contributed by atoms with Gasteiger partial charge in [-0.05, 0) is 50.4 Å². The Hall–Kier alpha value is -0.773. The second-order valence-electron chi connectivity index (χ2n) is 5.35. The van der Waals surface area contributed by atoms with Gasteiger partial charge in [0.2, 0.25) is 0 Å². The Kier molecular flexibility index (Phi) is 4.59. The first-order valence-corrected chi connectivity index (χ1v) is 9.21. The highest BCUT2D eigenvalue weighted by molar-refractivity contribution is 6.69. The van der Waals surface area contributed by atoms with Crippen LogP contribution in [0.2, 0.25) is 19.6 Å². The summed E-state index contributed by atoms with van der Waals surface area (Å²) in [5.41, 5.74) is 8.55. The van der Waals surface area contributed by atoms with Crippen LogP contribution in [0.3, 0.4) is 0 Å². The van der Waals surface area contributed by atoms with Crippen molar-refractivity contribution in [1.29, 1.82) is 0 Å². The molecular formula is C11H21N3OSi. The molecule has 1 saturated carbocycles. The average Bonchev–Trinajstić information content (AvgIpc) is 2.18. The van der Waals surface area contributed by atoms with Crippen LogP contribution in [0.5, 0.6) is 0 Å². The minimum Gasteiger partial charge on any atom is -0.414 e. The molecule has 0 aromatic carbocycles. The Morgan fingerprint density at radius 3 is 2.62 bits per heavy atom. The van der Waals surface area contributed by atoms with Crippen LogP contribution in [0.4, 0.5) is 0 Å². The molecule has 0 bridgehead atoms. The van der Waals surface area contributed by atoms with Crippen molar-refractivity contribution in [2.75, 3.05) is 0 Å². The number of azide groups is 1. The van der Waals surface area contributed by atoms with E-state index in [0.29, 0.717) is 5.92 Å². The molecule has 4 nitrogen and oxygen atoms in total. The van der Waals surface area contributed by atoms with Crippen molar-refractivity contribution < 1.29 is 4.43 Å². The second-order valence-corrected chi connectivity index (χ2v) is 9.81. The minimum atomic E-state index is -1.58. The molecular weight excluding hydrogens is 218 g/mol. The fraction of sp³-hybridized carbons (Fsp3) is 0.818. The summed E-state index contributed by atoms with van der Waals surface area (Å²) in [5.74, 6) is 0.506. The Bertz CT molecular complexity index is 294. The molecule has 5 heteroatoms. The highest BCUT2D eigenvalue weighted by Gasteiger charge is 2.32. The normalized spacial score (nSPS) is 30.6. The molecule has 0 saturated heterocycles. The van der Waals surface area contributed by atoms with Gasteiger partial charge in [-0.3, -0.25) is 0 Å². The predicted molar refractivity (Wildman–Crippen MR) is 68.7 cm³/mol. The summed E-state index contributed by atoms with van der Waals surface area (Å²) in [5, 5.41) is 3.86. The summed E-state index contributed by atoms with van der Waals surface area (Å²) in [6.07, 6.45) is 4.98. The third-order valence-electron chi connectivity index (χ3n) is 2.84. The van der Waals surface area contributed by atoms with E-state index in [2.05, 4.69) is 36.2 Å². The summed E-state index contributed by atoms with van der Waals surface area (Å²) in [6.45, 7) is 10.3. The molecule has 0 amide bonds. The van der Waals surface area contributed by atoms with Crippen molar-refractivity contribution in [3.63, 3.8) is 0 Å². The summed E-state index contributed by atoms with van der Waals surface area (Å²) < 4.78 is 6.10. The summed E-state index contributed by atoms with van der Waals surface area (Å²) in [7, 11) is -1.58. The van der Waals surface area contributed by atoms with E-state index in [-0.39, 0.29) is 12.1 Å². The molecule has 0 aromatic heterocycles. The van der Waals surface area contributed by atoms with E-state index in [1.54, 1.807) is 0 Å². The molecule has 0 radical (unpaired) electrons. The first-order chi connectivity index (χ1) is 7.46. The Balaban J connectivity index is 2.71. The van der Waals surface area contributed by atoms with Crippen LogP contribution in [0.25, 0.3) is 10.4 Å². The van der Waals surface area contributed by atoms with Gasteiger partial charge in [-0.15, -0.1) is 6.58 Å². The second kappa shape index (κ2) is 5.52. The lowest BCUT2D eigenvalue weighted by Gasteiger charge is -2.36. The van der Waals surface area contributed by atoms with Crippen LogP contribution in [0, 0.1) is 5.92 Å². The lowest BCUT2D eigenvalue weighted by molar-refractivity contribution is 0.108. The van der Waals surface area contributed by atoms with Gasteiger partial charge in [-0.25, -0.2) is 0 Å². The monoisotopic (exact) mass is 239 g/mol. The molecule has 16 heavy (non-hydrogen) atoms. The van der Waals surface area contributed by atoms with Crippen LogP contribution in [0.15, 0.2) is 17.8 Å². The molecule has 0 N–H and O–H groups in total. The van der Waals surface area contributed by atoms with Crippen LogP contribution in [0.1, 0.15) is 19.3 Å². The molecule has 1 rings (SSSR count). The lowest BCUT2D eigenvalue weighted by Crippen LogP contribution is -2.41. The smallest absolute Gasteiger partial charge is 0.184 e. The first-order valence-electron chi connectivity index (χ1n) is 5.81. The number of hydrogen-bond acceptors (Lipinski definition) is 2. The highest BCUT2D eigenvalue weighted by atomic mass is 28.4. The van der Waals surface area contributed by atoms with Gasteiger partial charge in [0.15, 0.2) is 8.32 Å². The van der Waals surface area contributed by atoms with E-state index < -0.39 is 8.32 Å². The number of allylic oxidation sites excluding steroid dienone is 1. The topological polar surface area (TPSA) is 58.0 Å². The molecule has 3 atom stereocenters. The standard InChI is InChI=1S/C11H21N3OSi/c1-5-9-6-7-10(13-14-12)11(8-9)15-16(2,3)4/h5,9-11H,1,6-8H2,2-4H3/t9?,10-,11-/m0/s1. The van der Waals surface area contributed by atoms with Gasteiger partial charge in [0, 0.05) is 4.91 Å². The van der Waals surface area contributed by atoms with Gasteiger partial charge in [0.25, 0.3) is 0 Å². The van der Waals surface area contributed by atoms with E-state index in [4.69, 9.17) is 9.96 Å². The van der Waals surface area contributed by atoms with E-state index in [0.717, 1.165) is 19.3 Å². The van der Waals surface area contributed by atoms with Crippen LogP contribution < -0.4 is 0 Å². The van der Waals surface area contributed by atoms with Crippen molar-refractivity contribution in [2.45, 2.75) is 51.0 Å². The van der Waals surface area contributed by atoms with E-state index in [1.807, 2.05) is 6.08 Å². The van der Waals surface area contributed by atoms with Gasteiger partial charge in [-0.1, -0.05) is 11.2 Å². The van der Waals surface area contributed by atoms with Crippen LogP contribution >= 0.6 is 0 Å². The Labute approximate surface area is 98.4 Å². The van der Waals surface area contributed by atoms with Crippen molar-refractivity contribution in [3.05, 3.63) is 23.1 Å². The van der Waals surface area contributed by atoms with E-state index in [9.17, 15) is 0 Å². The maximum Gasteiger partial charge on any atom is 0.184 e. The maximum absolute atomic E-state index is 8.55. The minimum absolute atomic E-state index is 0.00734. The maximum atomic E-state index is 8.55. The van der Waals surface area contributed by atoms with Gasteiger partial charge in [0.05, 0.1) is 12.1 Å². The highest BCUT2D eigenvalue weighted by Crippen LogP contribution is 2.31. The summed E-state index contributed by atoms with van der Waals surface area (Å²) >= 11 is 0. The van der Waals surface area contributed by atoms with E-state index >= 15 is 0 Å². The number of rotatable bonds is 4. The SMILES string of the molecule is C=CC1CC[C@H](N=[N+]=[N-])[C@@H](O[Si](C)(C)C)C1. The molecule has 90 valence electrons. The zero-order chi connectivity index (χ0) is 12.2. The third kappa shape index (κ3) is 4.00. The molecule has 0 aliphatic heterocycles. The Morgan fingerprint density at radius 2 is 2.12 bits per heavy atom. The molecule has 1 fully saturated rings. The van der Waals surface area contributed by atoms with Crippen LogP contribution in [-0.2, 0) is 4.43 Å². The van der Waals surface area contributed by atoms with Crippen LogP contribution in [-0.4, -0.2) is 20.5 Å². The molecule has 0 spiro atoms. The molecule has 1 aliphatic carbocycles. The fourth-order valence-electron chi connectivity index (χ4n) is 2.14. The molecule has 1 aliphatic rings.